The summed E-state index contributed by atoms with van der Waals surface area (Å²) in [5, 5.41) is 23.7. The summed E-state index contributed by atoms with van der Waals surface area (Å²) in [7, 11) is 0. The van der Waals surface area contributed by atoms with Crippen molar-refractivity contribution in [3.63, 3.8) is 0 Å². The van der Waals surface area contributed by atoms with Gasteiger partial charge in [-0.3, -0.25) is 14.9 Å². The smallest absolute Gasteiger partial charge is 0.272 e. The number of hydrogen-bond donors (Lipinski definition) is 1. The normalized spacial score (nSPS) is 11.3. The molecular weight excluding hydrogens is 490 g/mol. The highest BCUT2D eigenvalue weighted by molar-refractivity contribution is 8.03. The summed E-state index contributed by atoms with van der Waals surface area (Å²) in [6.45, 7) is 0. The fourth-order valence-electron chi connectivity index (χ4n) is 2.29. The highest BCUT2D eigenvalue weighted by atomic mass is 35.5. The second kappa shape index (κ2) is 12.3. The molecule has 0 spiro atoms. The number of thioether (sulfide) groups is 2. The minimum Gasteiger partial charge on any atom is -0.272 e. The maximum atomic E-state index is 11.9. The summed E-state index contributed by atoms with van der Waals surface area (Å²) in [6, 6.07) is 14.0. The number of hydrogen-bond acceptors (Lipinski definition) is 9. The second-order valence-electron chi connectivity index (χ2n) is 6.03. The Bertz CT molecular complexity index is 1140. The van der Waals surface area contributed by atoms with Gasteiger partial charge in [-0.05, 0) is 35.9 Å². The molecule has 8 nitrogen and oxygen atoms in total. The number of halogens is 1. The number of nitrogens with one attached hydrogen (secondary N) is 1. The molecule has 164 valence electrons. The Morgan fingerprint density at radius 2 is 1.88 bits per heavy atom. The van der Waals surface area contributed by atoms with E-state index in [1.54, 1.807) is 36.0 Å². The van der Waals surface area contributed by atoms with Crippen LogP contribution in [0.4, 0.5) is 5.69 Å². The number of hydrazone groups is 1. The number of aromatic nitrogens is 2. The Morgan fingerprint density at radius 3 is 2.62 bits per heavy atom. The highest BCUT2D eigenvalue weighted by Crippen LogP contribution is 2.30. The number of nitrogens with zero attached hydrogens (tertiary/aromatic N) is 4. The van der Waals surface area contributed by atoms with Gasteiger partial charge in [0.15, 0.2) is 8.68 Å². The first-order chi connectivity index (χ1) is 15.5. The fourth-order valence-corrected chi connectivity index (χ4v) is 5.19. The maximum Gasteiger partial charge on any atom is 0.276 e. The van der Waals surface area contributed by atoms with E-state index in [0.717, 1.165) is 15.7 Å². The number of para-hydroxylation sites is 1. The van der Waals surface area contributed by atoms with Gasteiger partial charge in [-0.1, -0.05) is 70.7 Å². The zero-order valence-corrected chi connectivity index (χ0v) is 19.6. The van der Waals surface area contributed by atoms with Crippen molar-refractivity contribution in [3.8, 4) is 0 Å². The second-order valence-corrected chi connectivity index (χ2v) is 9.88. The van der Waals surface area contributed by atoms with E-state index in [1.165, 1.54) is 41.5 Å². The van der Waals surface area contributed by atoms with E-state index in [2.05, 4.69) is 20.7 Å². The average Bonchev–Trinajstić information content (AvgIpc) is 3.25. The zero-order valence-electron chi connectivity index (χ0n) is 16.4. The van der Waals surface area contributed by atoms with E-state index < -0.39 is 4.92 Å². The van der Waals surface area contributed by atoms with Crippen LogP contribution in [0.3, 0.4) is 0 Å². The number of nitro groups is 1. The highest BCUT2D eigenvalue weighted by Gasteiger charge is 2.10. The number of carbonyl (C=O) groups excluding carboxylic acids is 1. The quantitative estimate of drug-likeness (QED) is 0.172. The molecule has 32 heavy (non-hydrogen) atoms. The van der Waals surface area contributed by atoms with Gasteiger partial charge in [-0.2, -0.15) is 5.10 Å². The summed E-state index contributed by atoms with van der Waals surface area (Å²) < 4.78 is 1.51. The van der Waals surface area contributed by atoms with Crippen LogP contribution in [0.1, 0.15) is 11.1 Å². The Kier molecular flexibility index (Phi) is 9.23. The SMILES string of the molecule is O=C(CSc1nnc(SCc2ccc(Cl)cc2)s1)N/N=C\C=C\c1ccccc1[N+](=O)[O-]. The zero-order chi connectivity index (χ0) is 22.8. The number of benzene rings is 2. The number of allylic oxidation sites excluding steroid dienone is 1. The predicted octanol–water partition coefficient (Wildman–Crippen LogP) is 5.30. The molecule has 0 bridgehead atoms. The monoisotopic (exact) mass is 505 g/mol. The minimum absolute atomic E-state index is 0.000316. The third-order valence-electron chi connectivity index (χ3n) is 3.75. The Balaban J connectivity index is 1.39. The molecule has 0 unspecified atom stereocenters. The summed E-state index contributed by atoms with van der Waals surface area (Å²) in [5.41, 5.74) is 3.99. The van der Waals surface area contributed by atoms with Crippen molar-refractivity contribution in [3.05, 3.63) is 80.9 Å². The standard InChI is InChI=1S/C20H16ClN5O3S3/c21-16-9-7-14(8-10-16)12-30-19-24-25-20(32-19)31-13-18(27)23-22-11-3-5-15-4-1-2-6-17(15)26(28)29/h1-11H,12-13H2,(H,23,27)/b5-3+,22-11-. The molecule has 0 atom stereocenters. The minimum atomic E-state index is -0.453. The summed E-state index contributed by atoms with van der Waals surface area (Å²) in [6.07, 6.45) is 4.42. The van der Waals surface area contributed by atoms with Crippen molar-refractivity contribution >= 4 is 70.3 Å². The third-order valence-corrected chi connectivity index (χ3v) is 7.26. The van der Waals surface area contributed by atoms with Gasteiger partial charge in [-0.15, -0.1) is 10.2 Å². The molecule has 1 heterocycles. The molecule has 1 N–H and O–H groups in total. The fraction of sp³-hybridized carbons (Fsp3) is 0.100. The van der Waals surface area contributed by atoms with Crippen molar-refractivity contribution < 1.29 is 9.72 Å². The first-order valence-electron chi connectivity index (χ1n) is 9.07. The Morgan fingerprint density at radius 1 is 1.16 bits per heavy atom. The Labute approximate surface area is 201 Å². The van der Waals surface area contributed by atoms with E-state index in [0.29, 0.717) is 14.9 Å². The molecule has 2 aromatic carbocycles. The van der Waals surface area contributed by atoms with Crippen molar-refractivity contribution in [2.45, 2.75) is 14.4 Å². The molecule has 0 aliphatic heterocycles. The van der Waals surface area contributed by atoms with Crippen LogP contribution >= 0.6 is 46.5 Å². The van der Waals surface area contributed by atoms with Crippen molar-refractivity contribution in [1.29, 1.82) is 0 Å². The van der Waals surface area contributed by atoms with E-state index in [-0.39, 0.29) is 17.3 Å². The molecule has 0 aliphatic rings. The molecule has 0 aliphatic carbocycles. The Hall–Kier alpha value is -2.73. The van der Waals surface area contributed by atoms with Crippen LogP contribution in [0.25, 0.3) is 6.08 Å². The molecule has 1 amide bonds. The van der Waals surface area contributed by atoms with Crippen molar-refractivity contribution in [2.75, 3.05) is 5.75 Å². The van der Waals surface area contributed by atoms with Crippen LogP contribution < -0.4 is 5.43 Å². The molecule has 3 aromatic rings. The van der Waals surface area contributed by atoms with Crippen LogP contribution in [0.2, 0.25) is 5.02 Å². The van der Waals surface area contributed by atoms with Gasteiger partial charge >= 0.3 is 0 Å². The van der Waals surface area contributed by atoms with Crippen LogP contribution in [0, 0.1) is 10.1 Å². The van der Waals surface area contributed by atoms with Crippen molar-refractivity contribution in [2.24, 2.45) is 5.10 Å². The third kappa shape index (κ3) is 7.75. The number of carbonyl (C=O) groups is 1. The van der Waals surface area contributed by atoms with Gasteiger partial charge in [0, 0.05) is 23.1 Å². The van der Waals surface area contributed by atoms with Crippen molar-refractivity contribution in [1.82, 2.24) is 15.6 Å². The van der Waals surface area contributed by atoms with Gasteiger partial charge < -0.3 is 0 Å². The number of nitro benzene ring substituents is 1. The van der Waals surface area contributed by atoms with E-state index in [1.807, 2.05) is 24.3 Å². The van der Waals surface area contributed by atoms with Gasteiger partial charge in [0.1, 0.15) is 0 Å². The first-order valence-corrected chi connectivity index (χ1v) is 12.2. The molecule has 0 fully saturated rings. The predicted molar refractivity (Wildman–Crippen MR) is 130 cm³/mol. The average molecular weight is 506 g/mol. The summed E-state index contributed by atoms with van der Waals surface area (Å²) in [5.74, 6) is 0.600. The number of amides is 1. The summed E-state index contributed by atoms with van der Waals surface area (Å²) >= 11 is 10.2. The maximum absolute atomic E-state index is 11.9. The lowest BCUT2D eigenvalue weighted by Gasteiger charge is -1.98. The molecule has 0 saturated carbocycles. The molecule has 3 rings (SSSR count). The van der Waals surface area contributed by atoms with E-state index in [9.17, 15) is 14.9 Å². The van der Waals surface area contributed by atoms with Crippen LogP contribution in [-0.4, -0.2) is 33.0 Å². The molecule has 0 radical (unpaired) electrons. The van der Waals surface area contributed by atoms with Crippen LogP contribution in [-0.2, 0) is 10.5 Å². The topological polar surface area (TPSA) is 110 Å². The molecule has 0 saturated heterocycles. The van der Waals surface area contributed by atoms with Crippen LogP contribution in [0.15, 0.2) is 68.4 Å². The number of rotatable bonds is 10. The van der Waals surface area contributed by atoms with Gasteiger partial charge in [-0.25, -0.2) is 5.43 Å². The lowest BCUT2D eigenvalue weighted by molar-refractivity contribution is -0.385. The molecular formula is C20H16ClN5O3S3. The van der Waals surface area contributed by atoms with Gasteiger partial charge in [0.25, 0.3) is 11.6 Å². The molecule has 1 aromatic heterocycles. The lowest BCUT2D eigenvalue weighted by Crippen LogP contribution is -2.19. The van der Waals surface area contributed by atoms with Crippen LogP contribution in [0.5, 0.6) is 0 Å². The summed E-state index contributed by atoms with van der Waals surface area (Å²) in [4.78, 5) is 22.4. The van der Waals surface area contributed by atoms with Gasteiger partial charge in [0.2, 0.25) is 0 Å². The van der Waals surface area contributed by atoms with E-state index in [4.69, 9.17) is 11.6 Å². The van der Waals surface area contributed by atoms with Gasteiger partial charge in [0.05, 0.1) is 16.2 Å². The lowest BCUT2D eigenvalue weighted by atomic mass is 10.2. The van der Waals surface area contributed by atoms with E-state index >= 15 is 0 Å². The first kappa shape index (κ1) is 23.9. The largest absolute Gasteiger partial charge is 0.276 e. The molecule has 12 heteroatoms.